The van der Waals surface area contributed by atoms with Gasteiger partial charge in [-0.2, -0.15) is 0 Å². The lowest BCUT2D eigenvalue weighted by Gasteiger charge is -2.48. The van der Waals surface area contributed by atoms with Crippen LogP contribution in [0.3, 0.4) is 0 Å². The number of hydrogen-bond donors (Lipinski definition) is 2. The Morgan fingerprint density at radius 2 is 1.77 bits per heavy atom. The van der Waals surface area contributed by atoms with Crippen LogP contribution < -0.4 is 10.6 Å². The van der Waals surface area contributed by atoms with Crippen molar-refractivity contribution >= 4 is 11.8 Å². The Morgan fingerprint density at radius 3 is 2.43 bits per heavy atom. The third kappa shape index (κ3) is 3.87. The fraction of sp³-hybridized carbons (Fsp3) is 0.217. The lowest BCUT2D eigenvalue weighted by Crippen LogP contribution is -2.57. The van der Waals surface area contributed by atoms with E-state index in [9.17, 15) is 9.59 Å². The number of rotatable bonds is 7. The lowest BCUT2D eigenvalue weighted by molar-refractivity contribution is -0.117. The van der Waals surface area contributed by atoms with E-state index < -0.39 is 0 Å². The molecule has 0 atom stereocenters. The van der Waals surface area contributed by atoms with Gasteiger partial charge in [0.1, 0.15) is 0 Å². The van der Waals surface area contributed by atoms with Gasteiger partial charge in [0.05, 0.1) is 11.9 Å². The largest absolute Gasteiger partial charge is 0.352 e. The van der Waals surface area contributed by atoms with Gasteiger partial charge in [0.25, 0.3) is 5.91 Å². The first-order valence-electron chi connectivity index (χ1n) is 9.84. The fourth-order valence-corrected chi connectivity index (χ4v) is 4.00. The summed E-state index contributed by atoms with van der Waals surface area (Å²) in [5, 5.41) is 13.9. The molecule has 1 fully saturated rings. The molecule has 0 spiro atoms. The fourth-order valence-electron chi connectivity index (χ4n) is 4.00. The molecule has 2 N–H and O–H groups in total. The van der Waals surface area contributed by atoms with Crippen molar-refractivity contribution < 1.29 is 9.59 Å². The van der Waals surface area contributed by atoms with E-state index in [4.69, 9.17) is 0 Å². The number of carbonyl (C=O) groups excluding carboxylic acids is 2. The molecule has 30 heavy (non-hydrogen) atoms. The number of aromatic nitrogens is 3. The van der Waals surface area contributed by atoms with Gasteiger partial charge in [0.15, 0.2) is 5.69 Å². The molecular formula is C23H23N5O2. The van der Waals surface area contributed by atoms with Crippen molar-refractivity contribution in [2.45, 2.75) is 24.3 Å². The number of hydrogen-bond acceptors (Lipinski definition) is 4. The molecule has 2 aromatic carbocycles. The number of benzene rings is 2. The third-order valence-corrected chi connectivity index (χ3v) is 5.56. The second-order valence-electron chi connectivity index (χ2n) is 7.51. The van der Waals surface area contributed by atoms with Gasteiger partial charge in [0, 0.05) is 18.0 Å². The first-order valence-corrected chi connectivity index (χ1v) is 9.84. The minimum Gasteiger partial charge on any atom is -0.352 e. The molecule has 7 heteroatoms. The van der Waals surface area contributed by atoms with Crippen molar-refractivity contribution in [3.8, 4) is 5.69 Å². The highest BCUT2D eigenvalue weighted by atomic mass is 16.2. The topological polar surface area (TPSA) is 88.9 Å². The molecule has 0 saturated heterocycles. The molecule has 0 bridgehead atoms. The molecule has 3 aromatic rings. The molecule has 152 valence electrons. The zero-order chi connectivity index (χ0) is 21.0. The Balaban J connectivity index is 1.46. The second-order valence-corrected chi connectivity index (χ2v) is 7.51. The van der Waals surface area contributed by atoms with Gasteiger partial charge < -0.3 is 10.6 Å². The summed E-state index contributed by atoms with van der Waals surface area (Å²) < 4.78 is 1.53. The van der Waals surface area contributed by atoms with E-state index in [1.807, 2.05) is 48.5 Å². The highest BCUT2D eigenvalue weighted by Gasteiger charge is 2.46. The Morgan fingerprint density at radius 1 is 1.10 bits per heavy atom. The molecule has 0 aliphatic heterocycles. The second kappa shape index (κ2) is 8.32. The monoisotopic (exact) mass is 401 g/mol. The molecule has 1 aliphatic carbocycles. The SMILES string of the molecule is C=CC(=O)NCC1(c2ccccc2)CC(NC(=O)c2cnnn2-c2ccccc2)C1. The quantitative estimate of drug-likeness (QED) is 0.595. The first-order chi connectivity index (χ1) is 14.6. The van der Waals surface area contributed by atoms with Gasteiger partial charge in [-0.15, -0.1) is 5.10 Å². The molecule has 1 saturated carbocycles. The number of amides is 2. The summed E-state index contributed by atoms with van der Waals surface area (Å²) >= 11 is 0. The smallest absolute Gasteiger partial charge is 0.271 e. The van der Waals surface area contributed by atoms with Crippen LogP contribution in [-0.4, -0.2) is 39.4 Å². The third-order valence-electron chi connectivity index (χ3n) is 5.56. The van der Waals surface area contributed by atoms with Crippen molar-refractivity contribution in [2.75, 3.05) is 6.54 Å². The molecule has 1 heterocycles. The van der Waals surface area contributed by atoms with Gasteiger partial charge in [0.2, 0.25) is 5.91 Å². The zero-order valence-corrected chi connectivity index (χ0v) is 16.5. The summed E-state index contributed by atoms with van der Waals surface area (Å²) in [4.78, 5) is 24.6. The maximum Gasteiger partial charge on any atom is 0.271 e. The van der Waals surface area contributed by atoms with E-state index in [0.717, 1.165) is 24.1 Å². The van der Waals surface area contributed by atoms with E-state index in [2.05, 4.69) is 39.7 Å². The molecule has 4 rings (SSSR count). The Labute approximate surface area is 174 Å². The van der Waals surface area contributed by atoms with Gasteiger partial charge in [-0.25, -0.2) is 4.68 Å². The molecule has 0 unspecified atom stereocenters. The number of nitrogens with zero attached hydrogens (tertiary/aromatic N) is 3. The molecule has 2 amide bonds. The summed E-state index contributed by atoms with van der Waals surface area (Å²) in [5.74, 6) is -0.415. The average molecular weight is 401 g/mol. The van der Waals surface area contributed by atoms with Gasteiger partial charge in [-0.05, 0) is 36.6 Å². The minimum absolute atomic E-state index is 0.00235. The average Bonchev–Trinajstić information content (AvgIpc) is 3.26. The van der Waals surface area contributed by atoms with E-state index in [1.54, 1.807) is 0 Å². The zero-order valence-electron chi connectivity index (χ0n) is 16.5. The standard InChI is InChI=1S/C23H23N5O2/c1-2-21(29)24-16-23(17-9-5-3-6-10-17)13-18(14-23)26-22(30)20-15-25-27-28(20)19-11-7-4-8-12-19/h2-12,15,18H,1,13-14,16H2,(H,24,29)(H,26,30). The number of nitrogens with one attached hydrogen (secondary N) is 2. The normalized spacial score (nSPS) is 20.1. The van der Waals surface area contributed by atoms with Crippen LogP contribution in [0.25, 0.3) is 5.69 Å². The molecule has 7 nitrogen and oxygen atoms in total. The van der Waals surface area contributed by atoms with Crippen LogP contribution in [0.5, 0.6) is 0 Å². The molecule has 0 radical (unpaired) electrons. The van der Waals surface area contributed by atoms with Crippen LogP contribution in [0.15, 0.2) is 79.5 Å². The van der Waals surface area contributed by atoms with Crippen LogP contribution in [-0.2, 0) is 10.2 Å². The van der Waals surface area contributed by atoms with Crippen molar-refractivity contribution in [3.05, 3.63) is 90.8 Å². The predicted octanol–water partition coefficient (Wildman–Crippen LogP) is 2.40. The van der Waals surface area contributed by atoms with E-state index in [1.165, 1.54) is 17.0 Å². The van der Waals surface area contributed by atoms with E-state index in [0.29, 0.717) is 12.2 Å². The maximum absolute atomic E-state index is 12.9. The van der Waals surface area contributed by atoms with Crippen molar-refractivity contribution in [3.63, 3.8) is 0 Å². The molecule has 1 aliphatic rings. The van der Waals surface area contributed by atoms with Crippen molar-refractivity contribution in [1.82, 2.24) is 25.6 Å². The highest BCUT2D eigenvalue weighted by Crippen LogP contribution is 2.43. The first kappa shape index (κ1) is 19.6. The van der Waals surface area contributed by atoms with Gasteiger partial charge in [-0.1, -0.05) is 60.3 Å². The summed E-state index contributed by atoms with van der Waals surface area (Å²) in [7, 11) is 0. The molecule has 1 aromatic heterocycles. The summed E-state index contributed by atoms with van der Waals surface area (Å²) in [5.41, 5.74) is 2.10. The van der Waals surface area contributed by atoms with Gasteiger partial charge >= 0.3 is 0 Å². The Bertz CT molecular complexity index is 1040. The highest BCUT2D eigenvalue weighted by molar-refractivity contribution is 5.93. The van der Waals surface area contributed by atoms with Crippen LogP contribution in [0, 0.1) is 0 Å². The van der Waals surface area contributed by atoms with Crippen molar-refractivity contribution in [2.24, 2.45) is 0 Å². The summed E-state index contributed by atoms with van der Waals surface area (Å²) in [6.07, 6.45) is 4.20. The number of para-hydroxylation sites is 1. The Hall–Kier alpha value is -3.74. The summed E-state index contributed by atoms with van der Waals surface area (Å²) in [6.45, 7) is 4.01. The van der Waals surface area contributed by atoms with Crippen LogP contribution >= 0.6 is 0 Å². The molecular weight excluding hydrogens is 378 g/mol. The van der Waals surface area contributed by atoms with Crippen molar-refractivity contribution in [1.29, 1.82) is 0 Å². The van der Waals surface area contributed by atoms with Crippen LogP contribution in [0.2, 0.25) is 0 Å². The maximum atomic E-state index is 12.9. The van der Waals surface area contributed by atoms with Crippen LogP contribution in [0.4, 0.5) is 0 Å². The number of carbonyl (C=O) groups is 2. The van der Waals surface area contributed by atoms with Crippen LogP contribution in [0.1, 0.15) is 28.9 Å². The lowest BCUT2D eigenvalue weighted by atomic mass is 9.61. The van der Waals surface area contributed by atoms with E-state index in [-0.39, 0.29) is 23.3 Å². The van der Waals surface area contributed by atoms with E-state index >= 15 is 0 Å². The minimum atomic E-state index is -0.217. The predicted molar refractivity (Wildman–Crippen MR) is 113 cm³/mol. The summed E-state index contributed by atoms with van der Waals surface area (Å²) in [6, 6.07) is 19.5. The van der Waals surface area contributed by atoms with Gasteiger partial charge in [-0.3, -0.25) is 9.59 Å². The Kier molecular flexibility index (Phi) is 5.43.